The number of nitro groups is 1. The van der Waals surface area contributed by atoms with Gasteiger partial charge in [0.05, 0.1) is 23.6 Å². The van der Waals surface area contributed by atoms with E-state index in [0.717, 1.165) is 28.2 Å². The summed E-state index contributed by atoms with van der Waals surface area (Å²) >= 11 is 0. The molecule has 0 saturated carbocycles. The number of hydrogen-bond donors (Lipinski definition) is 1. The van der Waals surface area contributed by atoms with E-state index >= 15 is 0 Å². The third-order valence-electron chi connectivity index (χ3n) is 4.28. The van der Waals surface area contributed by atoms with E-state index in [4.69, 9.17) is 4.74 Å². The molecule has 0 atom stereocenters. The number of benzene rings is 2. The van der Waals surface area contributed by atoms with E-state index in [2.05, 4.69) is 5.32 Å². The third kappa shape index (κ3) is 5.63. The lowest BCUT2D eigenvalue weighted by Gasteiger charge is -2.18. The molecule has 9 heteroatoms. The number of nitrogens with one attached hydrogen (secondary N) is 1. The van der Waals surface area contributed by atoms with Crippen molar-refractivity contribution in [2.45, 2.75) is 20.8 Å². The van der Waals surface area contributed by atoms with E-state index in [-0.39, 0.29) is 24.3 Å². The highest BCUT2D eigenvalue weighted by Crippen LogP contribution is 2.20. The monoisotopic (exact) mass is 413 g/mol. The second-order valence-corrected chi connectivity index (χ2v) is 6.77. The third-order valence-corrected chi connectivity index (χ3v) is 4.28. The molecule has 0 spiro atoms. The first kappa shape index (κ1) is 22.5. The maximum atomic E-state index is 12.7. The van der Waals surface area contributed by atoms with Gasteiger partial charge in [-0.15, -0.1) is 0 Å². The van der Waals surface area contributed by atoms with E-state index in [1.807, 2.05) is 32.0 Å². The number of aryl methyl sites for hydroxylation is 2. The Labute approximate surface area is 173 Å². The van der Waals surface area contributed by atoms with Crippen molar-refractivity contribution in [3.8, 4) is 0 Å². The van der Waals surface area contributed by atoms with E-state index < -0.39 is 28.4 Å². The molecule has 0 bridgehead atoms. The number of carbonyl (C=O) groups excluding carboxylic acids is 3. The molecule has 158 valence electrons. The molecule has 0 heterocycles. The summed E-state index contributed by atoms with van der Waals surface area (Å²) in [4.78, 5) is 48.7. The molecule has 0 saturated heterocycles. The number of anilines is 1. The Morgan fingerprint density at radius 3 is 2.40 bits per heavy atom. The largest absolute Gasteiger partial charge is 0.462 e. The van der Waals surface area contributed by atoms with Gasteiger partial charge in [0.1, 0.15) is 0 Å². The minimum atomic E-state index is -0.773. The molecule has 2 aromatic carbocycles. The molecule has 0 aliphatic heterocycles. The Morgan fingerprint density at radius 1 is 1.10 bits per heavy atom. The number of amides is 2. The minimum absolute atomic E-state index is 0.0866. The van der Waals surface area contributed by atoms with Gasteiger partial charge in [-0.2, -0.15) is 0 Å². The zero-order valence-electron chi connectivity index (χ0n) is 17.2. The number of carbonyl (C=O) groups is 3. The lowest BCUT2D eigenvalue weighted by molar-refractivity contribution is -0.384. The molecule has 0 radical (unpaired) electrons. The number of ether oxygens (including phenoxy) is 1. The van der Waals surface area contributed by atoms with Crippen molar-refractivity contribution in [1.29, 1.82) is 0 Å². The summed E-state index contributed by atoms with van der Waals surface area (Å²) < 4.78 is 4.86. The van der Waals surface area contributed by atoms with Crippen molar-refractivity contribution >= 4 is 29.2 Å². The van der Waals surface area contributed by atoms with E-state index in [0.29, 0.717) is 5.69 Å². The molecule has 0 aromatic heterocycles. The molecule has 0 fully saturated rings. The lowest BCUT2D eigenvalue weighted by atomic mass is 10.1. The highest BCUT2D eigenvalue weighted by atomic mass is 16.6. The predicted octanol–water partition coefficient (Wildman–Crippen LogP) is 3.10. The van der Waals surface area contributed by atoms with E-state index in [1.54, 1.807) is 6.92 Å². The lowest BCUT2D eigenvalue weighted by Crippen LogP contribution is -2.35. The first-order valence-electron chi connectivity index (χ1n) is 9.21. The van der Waals surface area contributed by atoms with Crippen LogP contribution in [0.5, 0.6) is 0 Å². The molecule has 2 aromatic rings. The molecule has 9 nitrogen and oxygen atoms in total. The summed E-state index contributed by atoms with van der Waals surface area (Å²) in [6.07, 6.45) is 0. The standard InChI is InChI=1S/C21H23N3O6/c1-5-30-21(27)16-9-15(10-17(11-16)24(28)29)20(26)23(4)12-19(25)22-18-8-13(2)6-7-14(18)3/h6-11H,5,12H2,1-4H3,(H,22,25). The minimum Gasteiger partial charge on any atom is -0.462 e. The topological polar surface area (TPSA) is 119 Å². The summed E-state index contributed by atoms with van der Waals surface area (Å²) in [5.41, 5.74) is 1.87. The average Bonchev–Trinajstić information content (AvgIpc) is 2.69. The van der Waals surface area contributed by atoms with Crippen LogP contribution in [-0.4, -0.2) is 47.8 Å². The summed E-state index contributed by atoms with van der Waals surface area (Å²) in [6, 6.07) is 8.93. The number of non-ortho nitro benzene ring substituents is 1. The zero-order valence-corrected chi connectivity index (χ0v) is 17.2. The number of nitro benzene ring substituents is 1. The molecule has 1 N–H and O–H groups in total. The van der Waals surface area contributed by atoms with Gasteiger partial charge in [-0.05, 0) is 44.0 Å². The molecule has 2 rings (SSSR count). The van der Waals surface area contributed by atoms with Crippen LogP contribution < -0.4 is 5.32 Å². The highest BCUT2D eigenvalue weighted by molar-refractivity contribution is 6.01. The zero-order chi connectivity index (χ0) is 22.4. The van der Waals surface area contributed by atoms with Crippen LogP contribution in [-0.2, 0) is 9.53 Å². The van der Waals surface area contributed by atoms with Crippen LogP contribution in [0.4, 0.5) is 11.4 Å². The average molecular weight is 413 g/mol. The normalized spacial score (nSPS) is 10.3. The maximum absolute atomic E-state index is 12.7. The maximum Gasteiger partial charge on any atom is 0.338 e. The van der Waals surface area contributed by atoms with E-state index in [9.17, 15) is 24.5 Å². The van der Waals surface area contributed by atoms with Gasteiger partial charge in [0, 0.05) is 30.4 Å². The molecule has 0 aliphatic rings. The fraction of sp³-hybridized carbons (Fsp3) is 0.286. The van der Waals surface area contributed by atoms with Crippen molar-refractivity contribution in [1.82, 2.24) is 4.90 Å². The first-order valence-corrected chi connectivity index (χ1v) is 9.21. The summed E-state index contributed by atoms with van der Waals surface area (Å²) in [5, 5.41) is 13.9. The summed E-state index contributed by atoms with van der Waals surface area (Å²) in [5.74, 6) is -1.83. The van der Waals surface area contributed by atoms with Gasteiger partial charge in [0.2, 0.25) is 5.91 Å². The second-order valence-electron chi connectivity index (χ2n) is 6.77. The smallest absolute Gasteiger partial charge is 0.338 e. The Bertz CT molecular complexity index is 1000. The Morgan fingerprint density at radius 2 is 1.77 bits per heavy atom. The van der Waals surface area contributed by atoms with Crippen LogP contribution in [0, 0.1) is 24.0 Å². The molecular formula is C21H23N3O6. The van der Waals surface area contributed by atoms with Crippen LogP contribution in [0.3, 0.4) is 0 Å². The van der Waals surface area contributed by atoms with Crippen molar-refractivity contribution in [2.24, 2.45) is 0 Å². The van der Waals surface area contributed by atoms with Gasteiger partial charge < -0.3 is 15.0 Å². The number of likely N-dealkylation sites (N-methyl/N-ethyl adjacent to an activating group) is 1. The highest BCUT2D eigenvalue weighted by Gasteiger charge is 2.22. The van der Waals surface area contributed by atoms with Crippen LogP contribution in [0.15, 0.2) is 36.4 Å². The SMILES string of the molecule is CCOC(=O)c1cc(C(=O)N(C)CC(=O)Nc2cc(C)ccc2C)cc([N+](=O)[O-])c1. The molecular weight excluding hydrogens is 390 g/mol. The van der Waals surface area contributed by atoms with Crippen molar-refractivity contribution in [3.63, 3.8) is 0 Å². The Kier molecular flexibility index (Phi) is 7.24. The fourth-order valence-electron chi connectivity index (χ4n) is 2.74. The Balaban J connectivity index is 2.20. The van der Waals surface area contributed by atoms with Crippen LogP contribution in [0.1, 0.15) is 38.8 Å². The summed E-state index contributed by atoms with van der Waals surface area (Å²) in [7, 11) is 1.40. The molecule has 0 unspecified atom stereocenters. The second kappa shape index (κ2) is 9.64. The number of esters is 1. The van der Waals surface area contributed by atoms with Crippen molar-refractivity contribution in [3.05, 3.63) is 68.8 Å². The van der Waals surface area contributed by atoms with Crippen molar-refractivity contribution < 1.29 is 24.0 Å². The summed E-state index contributed by atoms with van der Waals surface area (Å²) in [6.45, 7) is 5.16. The van der Waals surface area contributed by atoms with Gasteiger partial charge in [-0.25, -0.2) is 4.79 Å². The number of rotatable bonds is 7. The quantitative estimate of drug-likeness (QED) is 0.423. The van der Waals surface area contributed by atoms with Crippen molar-refractivity contribution in [2.75, 3.05) is 25.5 Å². The van der Waals surface area contributed by atoms with Gasteiger partial charge in [0.25, 0.3) is 11.6 Å². The predicted molar refractivity (Wildman–Crippen MR) is 111 cm³/mol. The molecule has 2 amide bonds. The fourth-order valence-corrected chi connectivity index (χ4v) is 2.74. The number of hydrogen-bond acceptors (Lipinski definition) is 6. The van der Waals surface area contributed by atoms with Gasteiger partial charge >= 0.3 is 5.97 Å². The van der Waals surface area contributed by atoms with Crippen LogP contribution in [0.25, 0.3) is 0 Å². The molecule has 30 heavy (non-hydrogen) atoms. The van der Waals surface area contributed by atoms with Crippen LogP contribution in [0.2, 0.25) is 0 Å². The van der Waals surface area contributed by atoms with Gasteiger partial charge in [-0.1, -0.05) is 12.1 Å². The number of nitrogens with zero attached hydrogens (tertiary/aromatic N) is 2. The first-order chi connectivity index (χ1) is 14.1. The van der Waals surface area contributed by atoms with Gasteiger partial charge in [-0.3, -0.25) is 19.7 Å². The van der Waals surface area contributed by atoms with Gasteiger partial charge in [0.15, 0.2) is 0 Å². The Hall–Kier alpha value is -3.75. The van der Waals surface area contributed by atoms with E-state index in [1.165, 1.54) is 13.1 Å². The molecule has 0 aliphatic carbocycles. The van der Waals surface area contributed by atoms with Crippen LogP contribution >= 0.6 is 0 Å².